The van der Waals surface area contributed by atoms with Gasteiger partial charge in [0.05, 0.1) is 0 Å². The average molecular weight is 862 g/mol. The fourth-order valence-electron chi connectivity index (χ4n) is 12.6. The van der Waals surface area contributed by atoms with Crippen molar-refractivity contribution in [1.29, 1.82) is 0 Å². The van der Waals surface area contributed by atoms with Crippen molar-refractivity contribution in [3.63, 3.8) is 0 Å². The maximum atomic E-state index is 4.13. The number of hydrogen-bond acceptors (Lipinski definition) is 2. The van der Waals surface area contributed by atoms with Crippen LogP contribution in [0.5, 0.6) is 0 Å². The Labute approximate surface area is 396 Å². The lowest BCUT2D eigenvalue weighted by Gasteiger charge is -2.44. The molecule has 2 nitrogen and oxygen atoms in total. The summed E-state index contributed by atoms with van der Waals surface area (Å²) in [6.45, 7) is 29.0. The van der Waals surface area contributed by atoms with Crippen molar-refractivity contribution in [2.24, 2.45) is 0 Å². The Morgan fingerprint density at radius 2 is 1.11 bits per heavy atom. The van der Waals surface area contributed by atoms with Crippen molar-refractivity contribution in [3.05, 3.63) is 172 Å². The summed E-state index contributed by atoms with van der Waals surface area (Å²) in [5.41, 5.74) is 27.7. The smallest absolute Gasteiger partial charge is 0.197 e. The molecule has 1 aliphatic heterocycles. The van der Waals surface area contributed by atoms with E-state index in [1.165, 1.54) is 132 Å². The number of benzene rings is 7. The molecule has 11 rings (SSSR count). The molecule has 0 atom stereocenters. The van der Waals surface area contributed by atoms with Crippen molar-refractivity contribution in [2.75, 3.05) is 10.2 Å². The van der Waals surface area contributed by atoms with E-state index >= 15 is 0 Å². The number of nitrogens with one attached hydrogen (secondary N) is 1. The van der Waals surface area contributed by atoms with Gasteiger partial charge in [0.2, 0.25) is 0 Å². The lowest BCUT2D eigenvalue weighted by atomic mass is 9.57. The zero-order valence-electron chi connectivity index (χ0n) is 41.5. The molecule has 3 heteroatoms. The van der Waals surface area contributed by atoms with Crippen molar-refractivity contribution >= 4 is 46.6 Å². The highest BCUT2D eigenvalue weighted by Crippen LogP contribution is 2.56. The van der Waals surface area contributed by atoms with E-state index in [0.717, 1.165) is 11.4 Å². The Morgan fingerprint density at radius 3 is 1.82 bits per heavy atom. The van der Waals surface area contributed by atoms with Crippen LogP contribution in [0.3, 0.4) is 0 Å². The zero-order chi connectivity index (χ0) is 46.3. The predicted molar refractivity (Wildman–Crippen MR) is 284 cm³/mol. The molecule has 0 saturated heterocycles. The highest BCUT2D eigenvalue weighted by atomic mass is 15.2. The van der Waals surface area contributed by atoms with Gasteiger partial charge in [-0.3, -0.25) is 0 Å². The quantitative estimate of drug-likeness (QED) is 0.173. The number of nitrogens with zero attached hydrogens (tertiary/aromatic N) is 1. The summed E-state index contributed by atoms with van der Waals surface area (Å²) in [6, 6.07) is 49.1. The summed E-state index contributed by atoms with van der Waals surface area (Å²) >= 11 is 0. The van der Waals surface area contributed by atoms with Crippen LogP contribution in [0, 0.1) is 13.8 Å². The van der Waals surface area contributed by atoms with E-state index in [0.29, 0.717) is 0 Å². The zero-order valence-corrected chi connectivity index (χ0v) is 41.5. The molecule has 0 saturated carbocycles. The van der Waals surface area contributed by atoms with Crippen LogP contribution in [-0.4, -0.2) is 7.28 Å². The van der Waals surface area contributed by atoms with Crippen LogP contribution in [0.25, 0.3) is 33.4 Å². The minimum atomic E-state index is -0.234. The molecule has 1 radical (unpaired) electrons. The molecule has 7 aromatic rings. The third-order valence-electron chi connectivity index (χ3n) is 16.8. The van der Waals surface area contributed by atoms with Crippen LogP contribution in [0.15, 0.2) is 127 Å². The van der Waals surface area contributed by atoms with Gasteiger partial charge in [-0.05, 0) is 175 Å². The molecule has 331 valence electrons. The highest BCUT2D eigenvalue weighted by molar-refractivity contribution is 6.73. The summed E-state index contributed by atoms with van der Waals surface area (Å²) in [7, 11) is 2.49. The van der Waals surface area contributed by atoms with Gasteiger partial charge >= 0.3 is 0 Å². The first-order valence-electron chi connectivity index (χ1n) is 24.6. The average Bonchev–Trinajstić information content (AvgIpc) is 3.52. The summed E-state index contributed by atoms with van der Waals surface area (Å²) in [5.74, 6) is 0. The third kappa shape index (κ3) is 6.57. The second-order valence-corrected chi connectivity index (χ2v) is 23.6. The van der Waals surface area contributed by atoms with Crippen LogP contribution in [-0.2, 0) is 27.1 Å². The van der Waals surface area contributed by atoms with Gasteiger partial charge < -0.3 is 10.2 Å². The van der Waals surface area contributed by atoms with Crippen molar-refractivity contribution in [3.8, 4) is 33.4 Å². The first kappa shape index (κ1) is 42.8. The molecular weight excluding hydrogens is 796 g/mol. The lowest BCUT2D eigenvalue weighted by Crippen LogP contribution is -2.42. The number of anilines is 5. The Kier molecular flexibility index (Phi) is 9.47. The molecule has 7 aromatic carbocycles. The predicted octanol–water partition coefficient (Wildman–Crippen LogP) is 15.8. The Balaban J connectivity index is 1.18. The first-order chi connectivity index (χ1) is 31.2. The molecule has 0 spiro atoms. The Hall–Kier alpha value is -5.80. The molecule has 0 fully saturated rings. The summed E-state index contributed by atoms with van der Waals surface area (Å²) in [6.07, 6.45) is 4.75. The second-order valence-electron chi connectivity index (χ2n) is 23.6. The van der Waals surface area contributed by atoms with Gasteiger partial charge in [0.1, 0.15) is 0 Å². The van der Waals surface area contributed by atoms with Gasteiger partial charge in [-0.15, -0.1) is 0 Å². The molecule has 0 aromatic heterocycles. The topological polar surface area (TPSA) is 15.3 Å². The fraction of sp³-hybridized carbons (Fsp3) is 0.333. The minimum absolute atomic E-state index is 0.0674. The first-order valence-corrected chi connectivity index (χ1v) is 24.6. The van der Waals surface area contributed by atoms with Crippen molar-refractivity contribution < 1.29 is 0 Å². The van der Waals surface area contributed by atoms with Gasteiger partial charge in [-0.25, -0.2) is 0 Å². The SMILES string of the molecule is Cc1cc(-c2c(Nc3ccc4c(c3)C(C)(C)CCC4(C)C)ccc3c2C(C)(C)c2ccccc2-3)c2c(c1)N(c1cc3c(cc1C)C(C)(C)CCC3(C)C)c1cc(-c3ccccc3)ccc1[B]2. The summed E-state index contributed by atoms with van der Waals surface area (Å²) in [5, 5.41) is 4.13. The Bertz CT molecular complexity index is 3140. The van der Waals surface area contributed by atoms with Gasteiger partial charge in [0.15, 0.2) is 7.28 Å². The van der Waals surface area contributed by atoms with Gasteiger partial charge in [0.25, 0.3) is 0 Å². The van der Waals surface area contributed by atoms with Crippen LogP contribution < -0.4 is 21.1 Å². The fourth-order valence-corrected chi connectivity index (χ4v) is 12.6. The monoisotopic (exact) mass is 862 g/mol. The van der Waals surface area contributed by atoms with Crippen molar-refractivity contribution in [2.45, 2.75) is 136 Å². The number of hydrogen-bond donors (Lipinski definition) is 1. The molecule has 1 N–H and O–H groups in total. The minimum Gasteiger partial charge on any atom is -0.355 e. The van der Waals surface area contributed by atoms with Crippen LogP contribution >= 0.6 is 0 Å². The molecule has 66 heavy (non-hydrogen) atoms. The number of rotatable bonds is 5. The maximum Gasteiger partial charge on any atom is 0.197 e. The van der Waals surface area contributed by atoms with Gasteiger partial charge in [0, 0.05) is 39.4 Å². The standard InChI is InChI=1S/C63H66BN2/c1-38-32-45(56-52(27-24-44-43-20-16-17-21-46(43)63(11,12)57(44)56)65-42-23-25-47-49(36-42)61(7,8)29-28-59(47,3)4)58-55(33-38)66(54-35-41(22-26-51(54)64-58)40-18-14-13-15-19-40)53-37-50-48(34-39(53)2)60(5,6)30-31-62(50,9)10/h13-27,32-37,65H,28-31H2,1-12H3. The Morgan fingerprint density at radius 1 is 0.470 bits per heavy atom. The highest BCUT2D eigenvalue weighted by Gasteiger charge is 2.42. The number of aryl methyl sites for hydroxylation is 2. The normalized spacial score (nSPS) is 18.5. The van der Waals surface area contributed by atoms with Gasteiger partial charge in [-0.2, -0.15) is 0 Å². The summed E-state index contributed by atoms with van der Waals surface area (Å²) in [4.78, 5) is 2.63. The van der Waals surface area contributed by atoms with E-state index in [2.05, 4.69) is 228 Å². The molecule has 0 unspecified atom stereocenters. The van der Waals surface area contributed by atoms with E-state index in [9.17, 15) is 0 Å². The van der Waals surface area contributed by atoms with E-state index in [1.807, 2.05) is 0 Å². The molecule has 0 amide bonds. The summed E-state index contributed by atoms with van der Waals surface area (Å²) < 4.78 is 0. The van der Waals surface area contributed by atoms with Crippen LogP contribution in [0.1, 0.15) is 139 Å². The maximum absolute atomic E-state index is 4.13. The van der Waals surface area contributed by atoms with Crippen LogP contribution in [0.2, 0.25) is 0 Å². The molecule has 3 aliphatic carbocycles. The largest absolute Gasteiger partial charge is 0.355 e. The molecular formula is C63H66BN2. The van der Waals surface area contributed by atoms with Gasteiger partial charge in [-0.1, -0.05) is 166 Å². The second kappa shape index (κ2) is 14.6. The third-order valence-corrected chi connectivity index (χ3v) is 16.8. The van der Waals surface area contributed by atoms with E-state index < -0.39 is 0 Å². The van der Waals surface area contributed by atoms with E-state index in [1.54, 1.807) is 0 Å². The van der Waals surface area contributed by atoms with E-state index in [-0.39, 0.29) is 27.1 Å². The lowest BCUT2D eigenvalue weighted by molar-refractivity contribution is 0.332. The van der Waals surface area contributed by atoms with Crippen LogP contribution in [0.4, 0.5) is 28.4 Å². The van der Waals surface area contributed by atoms with E-state index in [4.69, 9.17) is 0 Å². The van der Waals surface area contributed by atoms with Crippen molar-refractivity contribution in [1.82, 2.24) is 0 Å². The molecule has 1 heterocycles. The molecule has 0 bridgehead atoms. The molecule has 4 aliphatic rings. The number of fused-ring (bicyclic) bond motifs is 7.